The maximum atomic E-state index is 13.1. The molecule has 3 rings (SSSR count). The number of anilines is 1. The Balaban J connectivity index is 1.88. The van der Waals surface area contributed by atoms with Crippen LogP contribution in [-0.4, -0.2) is 28.7 Å². The Morgan fingerprint density at radius 1 is 1.19 bits per heavy atom. The normalized spacial score (nSPS) is 16.7. The average Bonchev–Trinajstić information content (AvgIpc) is 2.61. The van der Waals surface area contributed by atoms with Crippen molar-refractivity contribution in [1.29, 1.82) is 0 Å². The highest BCUT2D eigenvalue weighted by atomic mass is 19.1. The molecule has 7 heteroatoms. The number of nitrogens with one attached hydrogen (secondary N) is 1. The lowest BCUT2D eigenvalue weighted by atomic mass is 10.1. The lowest BCUT2D eigenvalue weighted by molar-refractivity contribution is -0.142. The quantitative estimate of drug-likeness (QED) is 0.917. The second kappa shape index (κ2) is 7.35. The van der Waals surface area contributed by atoms with Gasteiger partial charge in [0.05, 0.1) is 6.54 Å². The van der Waals surface area contributed by atoms with Crippen LogP contribution in [0.15, 0.2) is 53.7 Å². The summed E-state index contributed by atoms with van der Waals surface area (Å²) in [5, 5.41) is 6.76. The highest BCUT2D eigenvalue weighted by molar-refractivity contribution is 6.09. The van der Waals surface area contributed by atoms with Crippen molar-refractivity contribution in [2.24, 2.45) is 5.16 Å². The van der Waals surface area contributed by atoms with Gasteiger partial charge in [-0.3, -0.25) is 14.5 Å². The zero-order chi connectivity index (χ0) is 18.7. The van der Waals surface area contributed by atoms with Crippen molar-refractivity contribution < 1.29 is 18.8 Å². The maximum Gasteiger partial charge on any atom is 0.272 e. The molecule has 0 saturated heterocycles. The molecule has 1 atom stereocenters. The van der Waals surface area contributed by atoms with E-state index in [9.17, 15) is 14.0 Å². The van der Waals surface area contributed by atoms with Crippen molar-refractivity contribution in [3.05, 3.63) is 65.5 Å². The molecule has 0 saturated carbocycles. The molecule has 0 bridgehead atoms. The van der Waals surface area contributed by atoms with Gasteiger partial charge in [0.1, 0.15) is 5.82 Å². The average molecular weight is 355 g/mol. The molecule has 2 aromatic carbocycles. The van der Waals surface area contributed by atoms with Crippen LogP contribution in [-0.2, 0) is 21.0 Å². The fourth-order valence-corrected chi connectivity index (χ4v) is 2.59. The van der Waals surface area contributed by atoms with Crippen LogP contribution in [0.2, 0.25) is 0 Å². The summed E-state index contributed by atoms with van der Waals surface area (Å²) < 4.78 is 13.1. The molecule has 1 aliphatic heterocycles. The molecule has 6 nitrogen and oxygen atoms in total. The summed E-state index contributed by atoms with van der Waals surface area (Å²) in [5.41, 5.74) is 2.08. The molecule has 1 aliphatic rings. The van der Waals surface area contributed by atoms with Gasteiger partial charge >= 0.3 is 0 Å². The third-order valence-electron chi connectivity index (χ3n) is 3.88. The van der Waals surface area contributed by atoms with E-state index in [1.807, 2.05) is 0 Å². The van der Waals surface area contributed by atoms with Crippen molar-refractivity contribution in [2.45, 2.75) is 26.5 Å². The minimum absolute atomic E-state index is 0.168. The fourth-order valence-electron chi connectivity index (χ4n) is 2.59. The molecule has 26 heavy (non-hydrogen) atoms. The van der Waals surface area contributed by atoms with E-state index in [-0.39, 0.29) is 24.2 Å². The molecule has 0 radical (unpaired) electrons. The van der Waals surface area contributed by atoms with Gasteiger partial charge in [0.2, 0.25) is 12.0 Å². The Morgan fingerprint density at radius 3 is 2.46 bits per heavy atom. The van der Waals surface area contributed by atoms with Gasteiger partial charge in [0.15, 0.2) is 5.84 Å². The second-order valence-electron chi connectivity index (χ2n) is 5.97. The molecule has 1 heterocycles. The molecular weight excluding hydrogens is 337 g/mol. The van der Waals surface area contributed by atoms with Crippen LogP contribution in [0.3, 0.4) is 0 Å². The van der Waals surface area contributed by atoms with Crippen LogP contribution in [0.4, 0.5) is 10.1 Å². The molecular formula is C19H18FN3O3. The lowest BCUT2D eigenvalue weighted by Gasteiger charge is -2.30. The van der Waals surface area contributed by atoms with E-state index in [4.69, 9.17) is 4.84 Å². The Kier molecular flexibility index (Phi) is 4.97. The first-order valence-electron chi connectivity index (χ1n) is 8.11. The number of amidine groups is 1. The number of amides is 2. The lowest BCUT2D eigenvalue weighted by Crippen LogP contribution is -2.46. The van der Waals surface area contributed by atoms with E-state index in [2.05, 4.69) is 10.5 Å². The number of nitrogens with zero attached hydrogens (tertiary/aromatic N) is 2. The van der Waals surface area contributed by atoms with Crippen LogP contribution in [0.1, 0.15) is 25.0 Å². The molecule has 2 aromatic rings. The molecule has 0 aromatic heterocycles. The third-order valence-corrected chi connectivity index (χ3v) is 3.88. The van der Waals surface area contributed by atoms with Crippen LogP contribution in [0.25, 0.3) is 0 Å². The Hall–Kier alpha value is -3.22. The van der Waals surface area contributed by atoms with Gasteiger partial charge in [-0.05, 0) is 48.9 Å². The molecule has 1 N–H and O–H groups in total. The number of rotatable bonds is 4. The van der Waals surface area contributed by atoms with Crippen molar-refractivity contribution in [3.63, 3.8) is 0 Å². The first-order chi connectivity index (χ1) is 12.4. The molecule has 2 amide bonds. The summed E-state index contributed by atoms with van der Waals surface area (Å²) in [5.74, 6) is -0.368. The Labute approximate surface area is 150 Å². The zero-order valence-corrected chi connectivity index (χ0v) is 14.4. The molecule has 0 fully saturated rings. The number of hydrogen-bond donors (Lipinski definition) is 1. The molecule has 134 valence electrons. The number of carbonyl (C=O) groups excluding carboxylic acids is 2. The highest BCUT2D eigenvalue weighted by Crippen LogP contribution is 2.20. The number of benzene rings is 2. The molecule has 0 aliphatic carbocycles. The van der Waals surface area contributed by atoms with E-state index in [0.29, 0.717) is 17.1 Å². The topological polar surface area (TPSA) is 71.0 Å². The zero-order valence-electron chi connectivity index (χ0n) is 14.4. The van der Waals surface area contributed by atoms with E-state index < -0.39 is 6.10 Å². The summed E-state index contributed by atoms with van der Waals surface area (Å²) in [6.45, 7) is 3.30. The largest absolute Gasteiger partial charge is 0.381 e. The van der Waals surface area contributed by atoms with Gasteiger partial charge in [-0.1, -0.05) is 17.3 Å². The van der Waals surface area contributed by atoms with Crippen LogP contribution < -0.4 is 5.32 Å². The fraction of sp³-hybridized carbons (Fsp3) is 0.211. The summed E-state index contributed by atoms with van der Waals surface area (Å²) in [6, 6.07) is 12.9. The highest BCUT2D eigenvalue weighted by Gasteiger charge is 2.31. The van der Waals surface area contributed by atoms with Gasteiger partial charge in [0, 0.05) is 18.2 Å². The summed E-state index contributed by atoms with van der Waals surface area (Å²) in [7, 11) is 0. The van der Waals surface area contributed by atoms with E-state index in [1.165, 1.54) is 24.0 Å². The van der Waals surface area contributed by atoms with Crippen LogP contribution in [0.5, 0.6) is 0 Å². The predicted molar refractivity (Wildman–Crippen MR) is 94.8 cm³/mol. The first-order valence-corrected chi connectivity index (χ1v) is 8.11. The summed E-state index contributed by atoms with van der Waals surface area (Å²) >= 11 is 0. The predicted octanol–water partition coefficient (Wildman–Crippen LogP) is 2.89. The van der Waals surface area contributed by atoms with E-state index >= 15 is 0 Å². The van der Waals surface area contributed by atoms with Gasteiger partial charge in [0.25, 0.3) is 5.91 Å². The number of halogens is 1. The number of carbonyl (C=O) groups is 2. The van der Waals surface area contributed by atoms with Crippen molar-refractivity contribution in [2.75, 3.05) is 5.32 Å². The second-order valence-corrected chi connectivity index (χ2v) is 5.97. The standard InChI is InChI=1S/C19H18FN3O3/c1-12-19(25)23(11-14-3-7-16(20)8-4-14)18(22-26-12)15-5-9-17(10-6-15)21-13(2)24/h3-10,12H,11H2,1-2H3,(H,21,24). The minimum atomic E-state index is -0.696. The Morgan fingerprint density at radius 2 is 1.85 bits per heavy atom. The van der Waals surface area contributed by atoms with Gasteiger partial charge in [-0.25, -0.2) is 4.39 Å². The SMILES string of the molecule is CC(=O)Nc1ccc(C2=NOC(C)C(=O)N2Cc2ccc(F)cc2)cc1. The maximum absolute atomic E-state index is 13.1. The van der Waals surface area contributed by atoms with Gasteiger partial charge in [-0.2, -0.15) is 0 Å². The van der Waals surface area contributed by atoms with Crippen molar-refractivity contribution >= 4 is 23.3 Å². The van der Waals surface area contributed by atoms with E-state index in [1.54, 1.807) is 43.3 Å². The first kappa shape index (κ1) is 17.6. The van der Waals surface area contributed by atoms with Crippen LogP contribution >= 0.6 is 0 Å². The molecule has 0 spiro atoms. The monoisotopic (exact) mass is 355 g/mol. The summed E-state index contributed by atoms with van der Waals surface area (Å²) in [4.78, 5) is 30.4. The van der Waals surface area contributed by atoms with Crippen molar-refractivity contribution in [1.82, 2.24) is 4.90 Å². The smallest absolute Gasteiger partial charge is 0.272 e. The number of hydrogen-bond acceptors (Lipinski definition) is 4. The molecule has 1 unspecified atom stereocenters. The third kappa shape index (κ3) is 3.88. The minimum Gasteiger partial charge on any atom is -0.381 e. The van der Waals surface area contributed by atoms with Gasteiger partial charge < -0.3 is 10.2 Å². The van der Waals surface area contributed by atoms with Gasteiger partial charge in [-0.15, -0.1) is 0 Å². The van der Waals surface area contributed by atoms with Crippen LogP contribution in [0, 0.1) is 5.82 Å². The summed E-state index contributed by atoms with van der Waals surface area (Å²) in [6.07, 6.45) is -0.696. The number of oxime groups is 1. The Bertz CT molecular complexity index is 847. The van der Waals surface area contributed by atoms with Crippen molar-refractivity contribution in [3.8, 4) is 0 Å². The van der Waals surface area contributed by atoms with E-state index in [0.717, 1.165) is 5.56 Å².